The van der Waals surface area contributed by atoms with Crippen LogP contribution in [0.1, 0.15) is 27.2 Å². The SMILES string of the molecule is O=C(NCc1cncs1)c1cccc(C#CCCO)c1. The number of benzene rings is 1. The molecule has 0 unspecified atom stereocenters. The van der Waals surface area contributed by atoms with Crippen LogP contribution in [0.3, 0.4) is 0 Å². The highest BCUT2D eigenvalue weighted by Crippen LogP contribution is 2.07. The monoisotopic (exact) mass is 286 g/mol. The molecule has 0 atom stereocenters. The number of aliphatic hydroxyl groups is 1. The van der Waals surface area contributed by atoms with E-state index in [4.69, 9.17) is 5.11 Å². The highest BCUT2D eigenvalue weighted by Gasteiger charge is 2.05. The molecule has 1 aromatic heterocycles. The van der Waals surface area contributed by atoms with E-state index in [2.05, 4.69) is 22.1 Å². The van der Waals surface area contributed by atoms with Crippen LogP contribution in [-0.2, 0) is 6.54 Å². The second kappa shape index (κ2) is 7.43. The predicted octanol–water partition coefficient (Wildman–Crippen LogP) is 1.81. The summed E-state index contributed by atoms with van der Waals surface area (Å²) >= 11 is 1.50. The fraction of sp³-hybridized carbons (Fsp3) is 0.200. The zero-order chi connectivity index (χ0) is 14.2. The van der Waals surface area contributed by atoms with E-state index >= 15 is 0 Å². The molecule has 1 amide bonds. The molecule has 2 rings (SSSR count). The van der Waals surface area contributed by atoms with Gasteiger partial charge in [-0.1, -0.05) is 17.9 Å². The molecule has 0 radical (unpaired) electrons. The van der Waals surface area contributed by atoms with Crippen LogP contribution in [0.4, 0.5) is 0 Å². The first-order valence-corrected chi connectivity index (χ1v) is 7.03. The minimum absolute atomic E-state index is 0.0437. The molecule has 20 heavy (non-hydrogen) atoms. The average Bonchev–Trinajstić information content (AvgIpc) is 2.99. The maximum absolute atomic E-state index is 12.0. The number of aromatic nitrogens is 1. The molecule has 0 aliphatic heterocycles. The molecule has 0 spiro atoms. The van der Waals surface area contributed by atoms with Crippen molar-refractivity contribution in [1.29, 1.82) is 0 Å². The number of carbonyl (C=O) groups is 1. The Labute approximate surface area is 121 Å². The van der Waals surface area contributed by atoms with Gasteiger partial charge in [0.05, 0.1) is 18.7 Å². The number of hydrogen-bond acceptors (Lipinski definition) is 4. The van der Waals surface area contributed by atoms with Crippen LogP contribution in [0.15, 0.2) is 36.0 Å². The Morgan fingerprint density at radius 3 is 3.10 bits per heavy atom. The third-order valence-corrected chi connectivity index (χ3v) is 3.28. The van der Waals surface area contributed by atoms with Crippen molar-refractivity contribution >= 4 is 17.2 Å². The van der Waals surface area contributed by atoms with Gasteiger partial charge in [-0.15, -0.1) is 11.3 Å². The summed E-state index contributed by atoms with van der Waals surface area (Å²) in [6, 6.07) is 7.13. The predicted molar refractivity (Wildman–Crippen MR) is 78.3 cm³/mol. The number of nitrogens with one attached hydrogen (secondary N) is 1. The van der Waals surface area contributed by atoms with Crippen molar-refractivity contribution in [3.05, 3.63) is 52.0 Å². The Morgan fingerprint density at radius 2 is 2.35 bits per heavy atom. The molecule has 0 bridgehead atoms. The van der Waals surface area contributed by atoms with Crippen molar-refractivity contribution in [3.8, 4) is 11.8 Å². The van der Waals surface area contributed by atoms with E-state index < -0.39 is 0 Å². The number of carbonyl (C=O) groups excluding carboxylic acids is 1. The number of aliphatic hydroxyl groups excluding tert-OH is 1. The number of thiazole rings is 1. The molecule has 0 aliphatic carbocycles. The van der Waals surface area contributed by atoms with E-state index in [9.17, 15) is 4.79 Å². The fourth-order valence-corrected chi connectivity index (χ4v) is 2.09. The van der Waals surface area contributed by atoms with Gasteiger partial charge in [0.2, 0.25) is 0 Å². The van der Waals surface area contributed by atoms with E-state index in [0.717, 1.165) is 10.4 Å². The molecule has 1 heterocycles. The van der Waals surface area contributed by atoms with Crippen molar-refractivity contribution in [3.63, 3.8) is 0 Å². The van der Waals surface area contributed by atoms with Gasteiger partial charge >= 0.3 is 0 Å². The molecule has 4 nitrogen and oxygen atoms in total. The highest BCUT2D eigenvalue weighted by atomic mass is 32.1. The molecular formula is C15H14N2O2S. The molecule has 0 saturated heterocycles. The summed E-state index contributed by atoms with van der Waals surface area (Å²) in [5.41, 5.74) is 3.08. The second-order valence-corrected chi connectivity index (χ2v) is 4.98. The molecule has 0 fully saturated rings. The highest BCUT2D eigenvalue weighted by molar-refractivity contribution is 7.09. The van der Waals surface area contributed by atoms with Gasteiger partial charge in [-0.25, -0.2) is 0 Å². The summed E-state index contributed by atoms with van der Waals surface area (Å²) in [5.74, 6) is 5.61. The number of nitrogens with zero attached hydrogens (tertiary/aromatic N) is 1. The molecule has 102 valence electrons. The average molecular weight is 286 g/mol. The van der Waals surface area contributed by atoms with Gasteiger partial charge < -0.3 is 10.4 Å². The van der Waals surface area contributed by atoms with Gasteiger partial charge in [-0.05, 0) is 18.2 Å². The van der Waals surface area contributed by atoms with Crippen molar-refractivity contribution in [1.82, 2.24) is 10.3 Å². The van der Waals surface area contributed by atoms with Crippen LogP contribution in [-0.4, -0.2) is 22.6 Å². The Kier molecular flexibility index (Phi) is 5.30. The molecule has 0 aliphatic rings. The van der Waals surface area contributed by atoms with E-state index in [1.807, 2.05) is 6.07 Å². The van der Waals surface area contributed by atoms with Crippen LogP contribution in [0, 0.1) is 11.8 Å². The first kappa shape index (κ1) is 14.3. The minimum Gasteiger partial charge on any atom is -0.395 e. The van der Waals surface area contributed by atoms with E-state index in [0.29, 0.717) is 18.5 Å². The van der Waals surface area contributed by atoms with Crippen molar-refractivity contribution in [2.24, 2.45) is 0 Å². The van der Waals surface area contributed by atoms with Crippen LogP contribution in [0.25, 0.3) is 0 Å². The molecule has 0 saturated carbocycles. The lowest BCUT2D eigenvalue weighted by molar-refractivity contribution is 0.0951. The second-order valence-electron chi connectivity index (χ2n) is 4.01. The molecule has 5 heteroatoms. The Morgan fingerprint density at radius 1 is 1.45 bits per heavy atom. The first-order chi connectivity index (χ1) is 9.79. The molecule has 2 aromatic rings. The lowest BCUT2D eigenvalue weighted by atomic mass is 10.1. The van der Waals surface area contributed by atoms with Gasteiger partial charge in [-0.2, -0.15) is 0 Å². The van der Waals surface area contributed by atoms with Gasteiger partial charge in [0.15, 0.2) is 0 Å². The number of hydrogen-bond donors (Lipinski definition) is 2. The maximum Gasteiger partial charge on any atom is 0.251 e. The Balaban J connectivity index is 1.99. The van der Waals surface area contributed by atoms with Crippen LogP contribution < -0.4 is 5.32 Å². The number of rotatable bonds is 4. The fourth-order valence-electron chi connectivity index (χ4n) is 1.56. The van der Waals surface area contributed by atoms with Gasteiger partial charge in [0.25, 0.3) is 5.91 Å². The summed E-state index contributed by atoms with van der Waals surface area (Å²) in [6.07, 6.45) is 2.17. The normalized spacial score (nSPS) is 9.65. The number of amides is 1. The lowest BCUT2D eigenvalue weighted by Crippen LogP contribution is -2.22. The van der Waals surface area contributed by atoms with Gasteiger partial charge in [0, 0.05) is 28.6 Å². The van der Waals surface area contributed by atoms with E-state index in [1.54, 1.807) is 29.9 Å². The lowest BCUT2D eigenvalue weighted by Gasteiger charge is -2.03. The first-order valence-electron chi connectivity index (χ1n) is 6.15. The zero-order valence-corrected chi connectivity index (χ0v) is 11.6. The zero-order valence-electron chi connectivity index (χ0n) is 10.8. The van der Waals surface area contributed by atoms with Crippen molar-refractivity contribution in [2.75, 3.05) is 6.61 Å². The maximum atomic E-state index is 12.0. The summed E-state index contributed by atoms with van der Waals surface area (Å²) in [4.78, 5) is 17.0. The summed E-state index contributed by atoms with van der Waals surface area (Å²) in [5, 5.41) is 11.5. The summed E-state index contributed by atoms with van der Waals surface area (Å²) < 4.78 is 0. The third-order valence-electron chi connectivity index (χ3n) is 2.50. The minimum atomic E-state index is -0.135. The summed E-state index contributed by atoms with van der Waals surface area (Å²) in [6.45, 7) is 0.520. The van der Waals surface area contributed by atoms with E-state index in [1.165, 1.54) is 11.3 Å². The Hall–Kier alpha value is -2.16. The topological polar surface area (TPSA) is 62.2 Å². The van der Waals surface area contributed by atoms with E-state index in [-0.39, 0.29) is 12.5 Å². The van der Waals surface area contributed by atoms with Crippen LogP contribution in [0.5, 0.6) is 0 Å². The largest absolute Gasteiger partial charge is 0.395 e. The third kappa shape index (κ3) is 4.19. The molecular weight excluding hydrogens is 272 g/mol. The molecule has 1 aromatic carbocycles. The molecule has 2 N–H and O–H groups in total. The standard InChI is InChI=1S/C15H14N2O2S/c18-7-2-1-4-12-5-3-6-13(8-12)15(19)17-10-14-9-16-11-20-14/h3,5-6,8-9,11,18H,2,7,10H2,(H,17,19). The van der Waals surface area contributed by atoms with Gasteiger partial charge in [-0.3, -0.25) is 9.78 Å². The van der Waals surface area contributed by atoms with Gasteiger partial charge in [0.1, 0.15) is 0 Å². The Bertz CT molecular complexity index is 627. The van der Waals surface area contributed by atoms with Crippen LogP contribution in [0.2, 0.25) is 0 Å². The van der Waals surface area contributed by atoms with Crippen molar-refractivity contribution in [2.45, 2.75) is 13.0 Å². The summed E-state index contributed by atoms with van der Waals surface area (Å²) in [7, 11) is 0. The van der Waals surface area contributed by atoms with Crippen molar-refractivity contribution < 1.29 is 9.90 Å². The van der Waals surface area contributed by atoms with Crippen LogP contribution >= 0.6 is 11.3 Å². The quantitative estimate of drug-likeness (QED) is 0.843. The smallest absolute Gasteiger partial charge is 0.251 e.